The van der Waals surface area contributed by atoms with Gasteiger partial charge in [-0.3, -0.25) is 4.79 Å². The lowest BCUT2D eigenvalue weighted by Crippen LogP contribution is -2.46. The van der Waals surface area contributed by atoms with Gasteiger partial charge >= 0.3 is 0 Å². The molecule has 0 atom stereocenters. The molecular formula is C25H28F2N8O. The number of hydrogen-bond donors (Lipinski definition) is 1. The zero-order valence-corrected chi connectivity index (χ0v) is 20.1. The van der Waals surface area contributed by atoms with E-state index in [2.05, 4.69) is 25.4 Å². The number of hydrogen-bond acceptors (Lipinski definition) is 6. The molecule has 6 rings (SSSR count). The summed E-state index contributed by atoms with van der Waals surface area (Å²) in [4.78, 5) is 28.0. The van der Waals surface area contributed by atoms with Crippen LogP contribution in [0.4, 0.5) is 14.7 Å². The second-order valence-corrected chi connectivity index (χ2v) is 9.71. The number of aromatic nitrogens is 6. The summed E-state index contributed by atoms with van der Waals surface area (Å²) in [5.41, 5.74) is 3.26. The van der Waals surface area contributed by atoms with Gasteiger partial charge in [0.25, 0.3) is 6.43 Å². The van der Waals surface area contributed by atoms with Crippen molar-refractivity contribution in [2.75, 3.05) is 18.4 Å². The molecule has 0 spiro atoms. The number of carbonyl (C=O) groups excluding carboxylic acids is 1. The van der Waals surface area contributed by atoms with Gasteiger partial charge in [-0.05, 0) is 57.2 Å². The Kier molecular flexibility index (Phi) is 5.77. The first kappa shape index (κ1) is 22.8. The Hall–Kier alpha value is -3.63. The molecule has 1 saturated heterocycles. The predicted octanol–water partition coefficient (Wildman–Crippen LogP) is 3.92. The number of aryl methyl sites for hydroxylation is 1. The molecule has 1 amide bonds. The Morgan fingerprint density at radius 2 is 1.94 bits per heavy atom. The first-order valence-corrected chi connectivity index (χ1v) is 12.5. The van der Waals surface area contributed by atoms with Crippen molar-refractivity contribution in [1.82, 2.24) is 34.0 Å². The maximum atomic E-state index is 13.1. The Morgan fingerprint density at radius 1 is 1.14 bits per heavy atom. The van der Waals surface area contributed by atoms with Crippen LogP contribution in [-0.4, -0.2) is 65.5 Å². The maximum absolute atomic E-state index is 13.1. The number of imidazole rings is 1. The van der Waals surface area contributed by atoms with Crippen LogP contribution >= 0.6 is 0 Å². The molecule has 0 unspecified atom stereocenters. The van der Waals surface area contributed by atoms with Crippen LogP contribution in [0.15, 0.2) is 30.6 Å². The molecule has 2 aliphatic rings. The molecule has 36 heavy (non-hydrogen) atoms. The minimum atomic E-state index is -2.49. The highest BCUT2D eigenvalue weighted by molar-refractivity contribution is 5.83. The second kappa shape index (κ2) is 9.11. The number of rotatable bonds is 6. The number of nitrogens with zero attached hydrogens (tertiary/aromatic N) is 7. The van der Waals surface area contributed by atoms with Crippen LogP contribution in [0.5, 0.6) is 0 Å². The minimum Gasteiger partial charge on any atom is -0.350 e. The number of nitrogens with one attached hydrogen (secondary N) is 1. The molecule has 11 heteroatoms. The summed E-state index contributed by atoms with van der Waals surface area (Å²) in [6.45, 7) is 3.08. The van der Waals surface area contributed by atoms with Gasteiger partial charge in [-0.1, -0.05) is 0 Å². The molecule has 0 radical (unpaired) electrons. The molecule has 1 N–H and O–H groups in total. The summed E-state index contributed by atoms with van der Waals surface area (Å²) < 4.78 is 29.4. The average molecular weight is 495 g/mol. The number of amides is 1. The largest absolute Gasteiger partial charge is 0.350 e. The van der Waals surface area contributed by atoms with E-state index in [1.165, 1.54) is 4.57 Å². The fourth-order valence-electron chi connectivity index (χ4n) is 5.27. The van der Waals surface area contributed by atoms with Crippen molar-refractivity contribution in [2.24, 2.45) is 5.92 Å². The lowest BCUT2D eigenvalue weighted by atomic mass is 9.84. The first-order chi connectivity index (χ1) is 17.5. The van der Waals surface area contributed by atoms with Crippen LogP contribution in [-0.2, 0) is 11.3 Å². The third-order valence-electron chi connectivity index (χ3n) is 7.37. The van der Waals surface area contributed by atoms with Gasteiger partial charge in [-0.25, -0.2) is 28.2 Å². The van der Waals surface area contributed by atoms with Crippen molar-refractivity contribution < 1.29 is 13.6 Å². The topological polar surface area (TPSA) is 93.2 Å². The Bertz CT molecular complexity index is 1420. The van der Waals surface area contributed by atoms with Gasteiger partial charge in [0.05, 0.1) is 24.0 Å². The third kappa shape index (κ3) is 4.16. The number of anilines is 1. The smallest absolute Gasteiger partial charge is 0.256 e. The number of carbonyl (C=O) groups is 1. The standard InChI is InChI=1S/C25H28F2N8O/c1-15-29-20-8-7-19(31-23(20)34(15)14-22(26)27)18-9-12-35-21(18)13-28-25(32-35)30-17-5-3-16(4-6-17)24(36)33-10-2-11-33/h7-9,12-13,16-17,22H,2-6,10-11,14H2,1H3,(H,30,32)/t16-,17+. The van der Waals surface area contributed by atoms with E-state index in [-0.39, 0.29) is 12.0 Å². The SMILES string of the molecule is Cc1nc2ccc(-c3ccn4nc(N[C@H]5CC[C@@H](C(=O)N6CCC6)CC5)ncc34)nc2n1CC(F)F. The van der Waals surface area contributed by atoms with E-state index in [1.807, 2.05) is 23.2 Å². The predicted molar refractivity (Wildman–Crippen MR) is 131 cm³/mol. The lowest BCUT2D eigenvalue weighted by Gasteiger charge is -2.36. The van der Waals surface area contributed by atoms with Crippen molar-refractivity contribution in [2.45, 2.75) is 58.0 Å². The van der Waals surface area contributed by atoms with E-state index in [1.54, 1.807) is 23.7 Å². The number of pyridine rings is 1. The molecule has 0 aromatic carbocycles. The normalized spacial score (nSPS) is 20.3. The Balaban J connectivity index is 1.18. The zero-order chi connectivity index (χ0) is 24.8. The van der Waals surface area contributed by atoms with E-state index >= 15 is 0 Å². The number of likely N-dealkylation sites (tertiary alicyclic amines) is 1. The van der Waals surface area contributed by atoms with Gasteiger partial charge in [0, 0.05) is 36.8 Å². The molecule has 4 aromatic rings. The van der Waals surface area contributed by atoms with E-state index in [9.17, 15) is 13.6 Å². The quantitative estimate of drug-likeness (QED) is 0.437. The second-order valence-electron chi connectivity index (χ2n) is 9.71. The van der Waals surface area contributed by atoms with Crippen molar-refractivity contribution in [3.63, 3.8) is 0 Å². The summed E-state index contributed by atoms with van der Waals surface area (Å²) in [7, 11) is 0. The van der Waals surface area contributed by atoms with Crippen molar-refractivity contribution >= 4 is 28.5 Å². The fourth-order valence-corrected chi connectivity index (χ4v) is 5.27. The van der Waals surface area contributed by atoms with Gasteiger partial charge in [0.2, 0.25) is 11.9 Å². The van der Waals surface area contributed by atoms with E-state index in [4.69, 9.17) is 0 Å². The van der Waals surface area contributed by atoms with E-state index < -0.39 is 13.0 Å². The Labute approximate surface area is 206 Å². The molecule has 4 aromatic heterocycles. The van der Waals surface area contributed by atoms with Crippen molar-refractivity contribution in [3.8, 4) is 11.3 Å². The highest BCUT2D eigenvalue weighted by atomic mass is 19.3. The summed E-state index contributed by atoms with van der Waals surface area (Å²) in [6, 6.07) is 5.77. The molecule has 1 saturated carbocycles. The number of halogens is 2. The molecule has 9 nitrogen and oxygen atoms in total. The van der Waals surface area contributed by atoms with Gasteiger partial charge < -0.3 is 14.8 Å². The molecular weight excluding hydrogens is 466 g/mol. The zero-order valence-electron chi connectivity index (χ0n) is 20.1. The Morgan fingerprint density at radius 3 is 2.67 bits per heavy atom. The van der Waals surface area contributed by atoms with E-state index in [0.717, 1.165) is 56.3 Å². The maximum Gasteiger partial charge on any atom is 0.256 e. The minimum absolute atomic E-state index is 0.143. The van der Waals surface area contributed by atoms with Crippen LogP contribution in [0.2, 0.25) is 0 Å². The molecule has 2 fully saturated rings. The fraction of sp³-hybridized carbons (Fsp3) is 0.480. The number of fused-ring (bicyclic) bond motifs is 2. The van der Waals surface area contributed by atoms with Crippen LogP contribution < -0.4 is 5.32 Å². The third-order valence-corrected chi connectivity index (χ3v) is 7.37. The summed E-state index contributed by atoms with van der Waals surface area (Å²) in [6.07, 6.45) is 5.83. The van der Waals surface area contributed by atoms with Crippen molar-refractivity contribution in [3.05, 3.63) is 36.4 Å². The van der Waals surface area contributed by atoms with Gasteiger partial charge in [0.1, 0.15) is 11.3 Å². The van der Waals surface area contributed by atoms with Gasteiger partial charge in [0.15, 0.2) is 5.65 Å². The lowest BCUT2D eigenvalue weighted by molar-refractivity contribution is -0.140. The molecule has 188 valence electrons. The van der Waals surface area contributed by atoms with Gasteiger partial charge in [-0.2, -0.15) is 0 Å². The van der Waals surface area contributed by atoms with E-state index in [0.29, 0.717) is 34.5 Å². The molecule has 1 aliphatic heterocycles. The van der Waals surface area contributed by atoms with Crippen LogP contribution in [0.1, 0.15) is 37.9 Å². The number of alkyl halides is 2. The van der Waals surface area contributed by atoms with Gasteiger partial charge in [-0.15, -0.1) is 5.10 Å². The molecule has 0 bridgehead atoms. The highest BCUT2D eigenvalue weighted by Gasteiger charge is 2.31. The van der Waals surface area contributed by atoms with Crippen LogP contribution in [0.3, 0.4) is 0 Å². The highest BCUT2D eigenvalue weighted by Crippen LogP contribution is 2.30. The van der Waals surface area contributed by atoms with Crippen LogP contribution in [0.25, 0.3) is 27.9 Å². The first-order valence-electron chi connectivity index (χ1n) is 12.5. The molecule has 1 aliphatic carbocycles. The molecule has 5 heterocycles. The van der Waals surface area contributed by atoms with Crippen LogP contribution in [0, 0.1) is 12.8 Å². The summed E-state index contributed by atoms with van der Waals surface area (Å²) in [5.74, 6) is 1.51. The summed E-state index contributed by atoms with van der Waals surface area (Å²) in [5, 5.41) is 8.04. The monoisotopic (exact) mass is 494 g/mol. The average Bonchev–Trinajstić information content (AvgIpc) is 3.38. The van der Waals surface area contributed by atoms with Crippen molar-refractivity contribution in [1.29, 1.82) is 0 Å². The summed E-state index contributed by atoms with van der Waals surface area (Å²) >= 11 is 0.